The molecule has 142 valence electrons. The largest absolute Gasteiger partial charge is 0.323 e. The number of allylic oxidation sites excluding steroid dienone is 1. The smallest absolute Gasteiger partial charge is 0.123 e. The lowest BCUT2D eigenvalue weighted by molar-refractivity contribution is 0.628. The third-order valence-electron chi connectivity index (χ3n) is 5.53. The van der Waals surface area contributed by atoms with Gasteiger partial charge in [0.25, 0.3) is 0 Å². The van der Waals surface area contributed by atoms with E-state index >= 15 is 0 Å². The predicted molar refractivity (Wildman–Crippen MR) is 114 cm³/mol. The quantitative estimate of drug-likeness (QED) is 0.439. The molecule has 0 N–H and O–H groups in total. The van der Waals surface area contributed by atoms with E-state index in [1.807, 2.05) is 24.7 Å². The molecule has 1 aliphatic carbocycles. The van der Waals surface area contributed by atoms with Gasteiger partial charge in [0.05, 0.1) is 29.5 Å². The standard InChI is InChI=1S/C25H20FN3/c1-17(18-6-3-2-4-7-18)29-16-28-24(19-10-12-20(26)13-11-19)25(29)22-14-15-27-23-9-5-8-21(22)23/h2-8,10-17H,9H2,1H3. The average molecular weight is 381 g/mol. The molecule has 2 heterocycles. The highest BCUT2D eigenvalue weighted by Crippen LogP contribution is 2.38. The molecule has 0 amide bonds. The van der Waals surface area contributed by atoms with E-state index in [4.69, 9.17) is 4.98 Å². The van der Waals surface area contributed by atoms with Crippen molar-refractivity contribution < 1.29 is 4.39 Å². The predicted octanol–water partition coefficient (Wildman–Crippen LogP) is 5.93. The van der Waals surface area contributed by atoms with Gasteiger partial charge in [0, 0.05) is 29.3 Å². The number of aromatic nitrogens is 3. The second-order valence-corrected chi connectivity index (χ2v) is 7.27. The molecule has 4 aromatic rings. The molecular weight excluding hydrogens is 361 g/mol. The van der Waals surface area contributed by atoms with Crippen LogP contribution < -0.4 is 0 Å². The summed E-state index contributed by atoms with van der Waals surface area (Å²) in [5.41, 5.74) is 7.29. The third kappa shape index (κ3) is 3.07. The molecule has 1 unspecified atom stereocenters. The molecular formula is C25H20FN3. The van der Waals surface area contributed by atoms with Gasteiger partial charge in [-0.15, -0.1) is 0 Å². The molecule has 0 aliphatic heterocycles. The monoisotopic (exact) mass is 381 g/mol. The maximum absolute atomic E-state index is 13.5. The van der Waals surface area contributed by atoms with Crippen LogP contribution in [0.5, 0.6) is 0 Å². The van der Waals surface area contributed by atoms with Crippen molar-refractivity contribution in [3.05, 3.63) is 102 Å². The van der Waals surface area contributed by atoms with Crippen LogP contribution >= 0.6 is 0 Å². The van der Waals surface area contributed by atoms with Crippen molar-refractivity contribution >= 4 is 6.08 Å². The number of benzene rings is 2. The summed E-state index contributed by atoms with van der Waals surface area (Å²) in [7, 11) is 0. The van der Waals surface area contributed by atoms with Gasteiger partial charge >= 0.3 is 0 Å². The zero-order valence-electron chi connectivity index (χ0n) is 16.1. The van der Waals surface area contributed by atoms with E-state index in [-0.39, 0.29) is 11.9 Å². The molecule has 1 atom stereocenters. The van der Waals surface area contributed by atoms with Crippen molar-refractivity contribution in [3.8, 4) is 22.5 Å². The van der Waals surface area contributed by atoms with Crippen LogP contribution in [0.4, 0.5) is 4.39 Å². The van der Waals surface area contributed by atoms with E-state index in [1.54, 1.807) is 12.1 Å². The molecule has 0 spiro atoms. The van der Waals surface area contributed by atoms with Crippen LogP contribution in [-0.2, 0) is 6.42 Å². The van der Waals surface area contributed by atoms with Crippen LogP contribution in [0.3, 0.4) is 0 Å². The Kier molecular flexibility index (Phi) is 4.32. The van der Waals surface area contributed by atoms with Crippen molar-refractivity contribution in [1.29, 1.82) is 0 Å². The number of nitrogens with zero attached hydrogens (tertiary/aromatic N) is 3. The zero-order chi connectivity index (χ0) is 19.8. The summed E-state index contributed by atoms with van der Waals surface area (Å²) in [6.45, 7) is 2.17. The number of halogens is 1. The Balaban J connectivity index is 1.74. The van der Waals surface area contributed by atoms with Crippen molar-refractivity contribution in [3.63, 3.8) is 0 Å². The van der Waals surface area contributed by atoms with Crippen molar-refractivity contribution in [1.82, 2.24) is 14.5 Å². The minimum atomic E-state index is -0.250. The highest BCUT2D eigenvalue weighted by molar-refractivity contribution is 5.85. The Morgan fingerprint density at radius 2 is 1.76 bits per heavy atom. The van der Waals surface area contributed by atoms with E-state index in [9.17, 15) is 4.39 Å². The fourth-order valence-electron chi connectivity index (χ4n) is 3.99. The summed E-state index contributed by atoms with van der Waals surface area (Å²) in [5, 5.41) is 0. The molecule has 0 radical (unpaired) electrons. The molecule has 0 fully saturated rings. The van der Waals surface area contributed by atoms with Gasteiger partial charge in [-0.1, -0.05) is 42.5 Å². The van der Waals surface area contributed by atoms with Crippen LogP contribution in [0.1, 0.15) is 29.8 Å². The first-order chi connectivity index (χ1) is 14.2. The van der Waals surface area contributed by atoms with Gasteiger partial charge in [0.2, 0.25) is 0 Å². The lowest BCUT2D eigenvalue weighted by atomic mass is 9.99. The lowest BCUT2D eigenvalue weighted by Gasteiger charge is -2.19. The molecule has 0 saturated carbocycles. The Bertz CT molecular complexity index is 1190. The van der Waals surface area contributed by atoms with Crippen LogP contribution in [-0.4, -0.2) is 14.5 Å². The fourth-order valence-corrected chi connectivity index (χ4v) is 3.99. The number of rotatable bonds is 4. The number of fused-ring (bicyclic) bond motifs is 1. The molecule has 0 bridgehead atoms. The van der Waals surface area contributed by atoms with Crippen molar-refractivity contribution in [2.24, 2.45) is 0 Å². The van der Waals surface area contributed by atoms with E-state index in [0.717, 1.165) is 40.2 Å². The summed E-state index contributed by atoms with van der Waals surface area (Å²) in [5.74, 6) is -0.250. The second kappa shape index (κ2) is 7.13. The molecule has 0 saturated heterocycles. The van der Waals surface area contributed by atoms with Crippen LogP contribution in [0, 0.1) is 5.82 Å². The molecule has 2 aromatic heterocycles. The number of pyridine rings is 1. The Labute approximate surface area is 169 Å². The molecule has 3 nitrogen and oxygen atoms in total. The summed E-state index contributed by atoms with van der Waals surface area (Å²) in [4.78, 5) is 9.30. The first-order valence-corrected chi connectivity index (χ1v) is 9.75. The van der Waals surface area contributed by atoms with E-state index in [0.29, 0.717) is 0 Å². The number of imidazole rings is 1. The Morgan fingerprint density at radius 1 is 0.966 bits per heavy atom. The van der Waals surface area contributed by atoms with Crippen LogP contribution in [0.25, 0.3) is 28.6 Å². The fraction of sp³-hybridized carbons (Fsp3) is 0.120. The topological polar surface area (TPSA) is 30.7 Å². The van der Waals surface area contributed by atoms with Gasteiger partial charge in [-0.2, -0.15) is 0 Å². The van der Waals surface area contributed by atoms with Gasteiger partial charge in [-0.25, -0.2) is 9.37 Å². The zero-order valence-corrected chi connectivity index (χ0v) is 16.1. The summed E-state index contributed by atoms with van der Waals surface area (Å²) < 4.78 is 15.7. The maximum Gasteiger partial charge on any atom is 0.123 e. The van der Waals surface area contributed by atoms with Gasteiger partial charge in [-0.3, -0.25) is 4.98 Å². The van der Waals surface area contributed by atoms with Gasteiger partial charge in [0.15, 0.2) is 0 Å². The SMILES string of the molecule is CC(c1ccccc1)n1cnc(-c2ccc(F)cc2)c1-c1ccnc2c1C=CC2. The lowest BCUT2D eigenvalue weighted by Crippen LogP contribution is -2.08. The Morgan fingerprint density at radius 3 is 2.55 bits per heavy atom. The minimum Gasteiger partial charge on any atom is -0.323 e. The average Bonchev–Trinajstić information content (AvgIpc) is 3.41. The van der Waals surface area contributed by atoms with Gasteiger partial charge < -0.3 is 4.57 Å². The maximum atomic E-state index is 13.5. The van der Waals surface area contributed by atoms with E-state index in [2.05, 4.69) is 52.9 Å². The molecule has 5 rings (SSSR count). The molecule has 4 heteroatoms. The van der Waals surface area contributed by atoms with E-state index < -0.39 is 0 Å². The van der Waals surface area contributed by atoms with Crippen LogP contribution in [0.2, 0.25) is 0 Å². The van der Waals surface area contributed by atoms with Crippen molar-refractivity contribution in [2.75, 3.05) is 0 Å². The molecule has 1 aliphatic rings. The summed E-state index contributed by atoms with van der Waals surface area (Å²) in [6, 6.07) is 19.1. The molecule has 2 aromatic carbocycles. The summed E-state index contributed by atoms with van der Waals surface area (Å²) >= 11 is 0. The van der Waals surface area contributed by atoms with E-state index in [1.165, 1.54) is 17.7 Å². The first-order valence-electron chi connectivity index (χ1n) is 9.75. The molecule has 29 heavy (non-hydrogen) atoms. The highest BCUT2D eigenvalue weighted by Gasteiger charge is 2.23. The third-order valence-corrected chi connectivity index (χ3v) is 5.53. The number of hydrogen-bond donors (Lipinski definition) is 0. The second-order valence-electron chi connectivity index (χ2n) is 7.27. The minimum absolute atomic E-state index is 0.0992. The number of hydrogen-bond acceptors (Lipinski definition) is 2. The van der Waals surface area contributed by atoms with Crippen molar-refractivity contribution in [2.45, 2.75) is 19.4 Å². The van der Waals surface area contributed by atoms with Gasteiger partial charge in [0.1, 0.15) is 5.82 Å². The van der Waals surface area contributed by atoms with Gasteiger partial charge in [-0.05, 0) is 42.8 Å². The first kappa shape index (κ1) is 17.6. The van der Waals surface area contributed by atoms with Crippen LogP contribution in [0.15, 0.2) is 79.3 Å². The highest BCUT2D eigenvalue weighted by atomic mass is 19.1. The Hall–Kier alpha value is -3.53. The summed E-state index contributed by atoms with van der Waals surface area (Å²) in [6.07, 6.45) is 8.87. The normalized spacial score (nSPS) is 13.4.